The molecule has 0 spiro atoms. The summed E-state index contributed by atoms with van der Waals surface area (Å²) in [4.78, 5) is 26.8. The van der Waals surface area contributed by atoms with Crippen molar-refractivity contribution in [3.05, 3.63) is 48.2 Å². The number of carbonyl (C=O) groups is 2. The van der Waals surface area contributed by atoms with E-state index in [-0.39, 0.29) is 12.5 Å². The predicted octanol–water partition coefficient (Wildman–Crippen LogP) is 2.98. The summed E-state index contributed by atoms with van der Waals surface area (Å²) in [5.41, 5.74) is 0.236. The number of esters is 1. The third-order valence-corrected chi connectivity index (χ3v) is 4.38. The van der Waals surface area contributed by atoms with Gasteiger partial charge < -0.3 is 13.9 Å². The smallest absolute Gasteiger partial charge is 0.411 e. The quantitative estimate of drug-likeness (QED) is 0.728. The van der Waals surface area contributed by atoms with E-state index in [0.717, 1.165) is 5.56 Å². The Morgan fingerprint density at radius 3 is 2.64 bits per heavy atom. The molecule has 2 atom stereocenters. The van der Waals surface area contributed by atoms with Crippen molar-refractivity contribution >= 4 is 12.1 Å². The first-order valence-electron chi connectivity index (χ1n) is 9.27. The van der Waals surface area contributed by atoms with Crippen LogP contribution in [0.5, 0.6) is 0 Å². The number of carbonyl (C=O) groups excluding carboxylic acids is 2. The van der Waals surface area contributed by atoms with Crippen LogP contribution in [0.3, 0.4) is 0 Å². The molecule has 0 saturated carbocycles. The SMILES string of the molecule is CC(C)(C)OC(=O)N1C[C@@H](Cc2nnco2)C[C@H]1C(=O)OCc1ccccc1. The van der Waals surface area contributed by atoms with Crippen LogP contribution in [-0.4, -0.2) is 45.3 Å². The molecule has 1 aliphatic heterocycles. The number of amides is 1. The lowest BCUT2D eigenvalue weighted by atomic mass is 10.0. The highest BCUT2D eigenvalue weighted by Crippen LogP contribution is 2.29. The van der Waals surface area contributed by atoms with E-state index in [1.54, 1.807) is 20.8 Å². The third kappa shape index (κ3) is 5.31. The van der Waals surface area contributed by atoms with Crippen molar-refractivity contribution in [1.82, 2.24) is 15.1 Å². The molecule has 0 N–H and O–H groups in total. The summed E-state index contributed by atoms with van der Waals surface area (Å²) in [5.74, 6) is 0.0393. The normalized spacial score (nSPS) is 19.5. The van der Waals surface area contributed by atoms with Gasteiger partial charge in [-0.2, -0.15) is 0 Å². The van der Waals surface area contributed by atoms with Crippen molar-refractivity contribution in [1.29, 1.82) is 0 Å². The molecule has 3 rings (SSSR count). The Bertz CT molecular complexity index is 786. The van der Waals surface area contributed by atoms with Gasteiger partial charge in [0.2, 0.25) is 12.3 Å². The summed E-state index contributed by atoms with van der Waals surface area (Å²) in [6.07, 6.45) is 1.68. The Balaban J connectivity index is 1.68. The van der Waals surface area contributed by atoms with Crippen LogP contribution in [-0.2, 0) is 27.3 Å². The molecule has 1 aromatic carbocycles. The zero-order chi connectivity index (χ0) is 20.1. The first kappa shape index (κ1) is 19.9. The molecule has 150 valence electrons. The van der Waals surface area contributed by atoms with Crippen LogP contribution in [0.4, 0.5) is 4.79 Å². The van der Waals surface area contributed by atoms with E-state index in [0.29, 0.717) is 25.3 Å². The van der Waals surface area contributed by atoms with E-state index in [1.807, 2.05) is 30.3 Å². The average molecular weight is 387 g/mol. The van der Waals surface area contributed by atoms with E-state index < -0.39 is 23.7 Å². The lowest BCUT2D eigenvalue weighted by Crippen LogP contribution is -2.44. The van der Waals surface area contributed by atoms with Gasteiger partial charge in [0.1, 0.15) is 18.2 Å². The minimum absolute atomic E-state index is 0.00208. The molecule has 2 heterocycles. The maximum Gasteiger partial charge on any atom is 0.411 e. The summed E-state index contributed by atoms with van der Waals surface area (Å²) < 4.78 is 16.1. The van der Waals surface area contributed by atoms with Crippen LogP contribution in [0.1, 0.15) is 38.6 Å². The van der Waals surface area contributed by atoms with E-state index in [9.17, 15) is 9.59 Å². The second-order valence-corrected chi connectivity index (χ2v) is 7.88. The van der Waals surface area contributed by atoms with E-state index in [1.165, 1.54) is 11.3 Å². The monoisotopic (exact) mass is 387 g/mol. The largest absolute Gasteiger partial charge is 0.459 e. The molecule has 28 heavy (non-hydrogen) atoms. The van der Waals surface area contributed by atoms with E-state index in [2.05, 4.69) is 10.2 Å². The number of benzene rings is 1. The fourth-order valence-electron chi connectivity index (χ4n) is 3.17. The Kier molecular flexibility index (Phi) is 5.96. The fourth-order valence-corrected chi connectivity index (χ4v) is 3.17. The molecule has 8 heteroatoms. The molecule has 2 aromatic rings. The van der Waals surface area contributed by atoms with Gasteiger partial charge in [0.15, 0.2) is 0 Å². The zero-order valence-corrected chi connectivity index (χ0v) is 16.3. The lowest BCUT2D eigenvalue weighted by molar-refractivity contribution is -0.150. The molecule has 8 nitrogen and oxygen atoms in total. The second kappa shape index (κ2) is 8.41. The molecular weight excluding hydrogens is 362 g/mol. The Morgan fingerprint density at radius 1 is 1.25 bits per heavy atom. The van der Waals surface area contributed by atoms with Crippen molar-refractivity contribution in [2.45, 2.75) is 51.9 Å². The highest BCUT2D eigenvalue weighted by molar-refractivity contribution is 5.82. The molecule has 1 aromatic heterocycles. The summed E-state index contributed by atoms with van der Waals surface area (Å²) in [5, 5.41) is 7.56. The Morgan fingerprint density at radius 2 is 2.00 bits per heavy atom. The standard InChI is InChI=1S/C20H25N3O5/c1-20(2,3)28-19(25)23-11-15(10-17-22-21-13-27-17)9-16(23)18(24)26-12-14-7-5-4-6-8-14/h4-8,13,15-16H,9-12H2,1-3H3/t15-,16+/m1/s1. The summed E-state index contributed by atoms with van der Waals surface area (Å²) in [7, 11) is 0. The first-order chi connectivity index (χ1) is 13.3. The highest BCUT2D eigenvalue weighted by Gasteiger charge is 2.42. The van der Waals surface area contributed by atoms with Gasteiger partial charge in [-0.05, 0) is 38.7 Å². The number of ether oxygens (including phenoxy) is 2. The van der Waals surface area contributed by atoms with Crippen molar-refractivity contribution in [2.24, 2.45) is 5.92 Å². The lowest BCUT2D eigenvalue weighted by Gasteiger charge is -2.27. The van der Waals surface area contributed by atoms with Gasteiger partial charge in [0, 0.05) is 13.0 Å². The maximum atomic E-state index is 12.7. The minimum atomic E-state index is -0.702. The molecule has 1 saturated heterocycles. The van der Waals surface area contributed by atoms with E-state index in [4.69, 9.17) is 13.9 Å². The minimum Gasteiger partial charge on any atom is -0.459 e. The molecular formula is C20H25N3O5. The number of hydrogen-bond acceptors (Lipinski definition) is 7. The van der Waals surface area contributed by atoms with Crippen molar-refractivity contribution < 1.29 is 23.5 Å². The third-order valence-electron chi connectivity index (χ3n) is 4.38. The molecule has 1 aliphatic rings. The van der Waals surface area contributed by atoms with Gasteiger partial charge in [-0.15, -0.1) is 10.2 Å². The summed E-state index contributed by atoms with van der Waals surface area (Å²) in [6, 6.07) is 8.72. The van der Waals surface area contributed by atoms with Crippen LogP contribution in [0.25, 0.3) is 0 Å². The molecule has 0 bridgehead atoms. The van der Waals surface area contributed by atoms with Crippen LogP contribution in [0, 0.1) is 5.92 Å². The number of rotatable bonds is 5. The molecule has 0 radical (unpaired) electrons. The van der Waals surface area contributed by atoms with Gasteiger partial charge >= 0.3 is 12.1 Å². The molecule has 1 amide bonds. The Hall–Kier alpha value is -2.90. The fraction of sp³-hybridized carbons (Fsp3) is 0.500. The summed E-state index contributed by atoms with van der Waals surface area (Å²) in [6.45, 7) is 5.90. The van der Waals surface area contributed by atoms with Crippen LogP contribution in [0.2, 0.25) is 0 Å². The molecule has 0 unspecified atom stereocenters. The number of aromatic nitrogens is 2. The number of hydrogen-bond donors (Lipinski definition) is 0. The number of nitrogens with zero attached hydrogens (tertiary/aromatic N) is 3. The average Bonchev–Trinajstić information content (AvgIpc) is 3.29. The van der Waals surface area contributed by atoms with Crippen LogP contribution < -0.4 is 0 Å². The predicted molar refractivity (Wildman–Crippen MR) is 99.1 cm³/mol. The maximum absolute atomic E-state index is 12.7. The summed E-state index contributed by atoms with van der Waals surface area (Å²) >= 11 is 0. The molecule has 1 fully saturated rings. The Labute approximate surface area is 163 Å². The van der Waals surface area contributed by atoms with E-state index >= 15 is 0 Å². The van der Waals surface area contributed by atoms with Crippen LogP contribution in [0.15, 0.2) is 41.1 Å². The number of likely N-dealkylation sites (tertiary alicyclic amines) is 1. The van der Waals surface area contributed by atoms with Gasteiger partial charge in [-0.25, -0.2) is 9.59 Å². The molecule has 0 aliphatic carbocycles. The van der Waals surface area contributed by atoms with Crippen molar-refractivity contribution in [3.63, 3.8) is 0 Å². The first-order valence-corrected chi connectivity index (χ1v) is 9.27. The van der Waals surface area contributed by atoms with Crippen LogP contribution >= 0.6 is 0 Å². The van der Waals surface area contributed by atoms with Crippen molar-refractivity contribution in [2.75, 3.05) is 6.54 Å². The topological polar surface area (TPSA) is 94.8 Å². The van der Waals surface area contributed by atoms with Crippen molar-refractivity contribution in [3.8, 4) is 0 Å². The van der Waals surface area contributed by atoms with Gasteiger partial charge in [-0.3, -0.25) is 4.90 Å². The second-order valence-electron chi connectivity index (χ2n) is 7.88. The van der Waals surface area contributed by atoms with Gasteiger partial charge in [-0.1, -0.05) is 30.3 Å². The zero-order valence-electron chi connectivity index (χ0n) is 16.3. The van der Waals surface area contributed by atoms with Gasteiger partial charge in [0.25, 0.3) is 0 Å². The highest BCUT2D eigenvalue weighted by atomic mass is 16.6. The van der Waals surface area contributed by atoms with Gasteiger partial charge in [0.05, 0.1) is 0 Å².